The van der Waals surface area contributed by atoms with Crippen LogP contribution in [-0.4, -0.2) is 20.5 Å². The molecule has 106 valence electrons. The highest BCUT2D eigenvalue weighted by Gasteiger charge is 2.19. The van der Waals surface area contributed by atoms with E-state index in [1.165, 1.54) is 19.4 Å². The molecule has 0 unspecified atom stereocenters. The van der Waals surface area contributed by atoms with Crippen molar-refractivity contribution in [3.8, 4) is 5.75 Å². The van der Waals surface area contributed by atoms with Gasteiger partial charge in [0.25, 0.3) is 0 Å². The maximum atomic E-state index is 12.3. The number of sulfone groups is 1. The summed E-state index contributed by atoms with van der Waals surface area (Å²) < 4.78 is 30.3. The van der Waals surface area contributed by atoms with Gasteiger partial charge in [0.05, 0.1) is 22.8 Å². The van der Waals surface area contributed by atoms with Gasteiger partial charge in [-0.1, -0.05) is 23.7 Å². The zero-order valence-electron chi connectivity index (χ0n) is 10.5. The van der Waals surface area contributed by atoms with Crippen molar-refractivity contribution < 1.29 is 13.2 Å². The van der Waals surface area contributed by atoms with E-state index in [0.717, 1.165) is 0 Å². The first-order chi connectivity index (χ1) is 9.44. The van der Waals surface area contributed by atoms with Gasteiger partial charge in [-0.25, -0.2) is 13.4 Å². The van der Waals surface area contributed by atoms with Crippen LogP contribution in [0.3, 0.4) is 0 Å². The Hall–Kier alpha value is -1.11. The summed E-state index contributed by atoms with van der Waals surface area (Å²) in [5.74, 6) is 0.296. The molecule has 0 saturated heterocycles. The molecule has 0 amide bonds. The molecule has 0 fully saturated rings. The van der Waals surface area contributed by atoms with E-state index in [2.05, 4.69) is 20.9 Å². The van der Waals surface area contributed by atoms with Gasteiger partial charge in [-0.05, 0) is 39.7 Å². The van der Waals surface area contributed by atoms with Gasteiger partial charge in [0.15, 0.2) is 15.6 Å². The van der Waals surface area contributed by atoms with Crippen LogP contribution >= 0.6 is 27.5 Å². The lowest BCUT2D eigenvalue weighted by Crippen LogP contribution is -2.06. The molecule has 1 aromatic heterocycles. The number of rotatable bonds is 4. The van der Waals surface area contributed by atoms with Gasteiger partial charge >= 0.3 is 0 Å². The Morgan fingerprint density at radius 2 is 2.05 bits per heavy atom. The van der Waals surface area contributed by atoms with Crippen molar-refractivity contribution in [3.63, 3.8) is 0 Å². The van der Waals surface area contributed by atoms with Gasteiger partial charge in [0.1, 0.15) is 4.60 Å². The summed E-state index contributed by atoms with van der Waals surface area (Å²) in [7, 11) is -2.03. The molecule has 1 heterocycles. The third-order valence-corrected chi connectivity index (χ3v) is 5.39. The molecule has 2 rings (SSSR count). The van der Waals surface area contributed by atoms with Gasteiger partial charge in [0.2, 0.25) is 0 Å². The van der Waals surface area contributed by atoms with Gasteiger partial charge < -0.3 is 4.74 Å². The van der Waals surface area contributed by atoms with Gasteiger partial charge in [-0.3, -0.25) is 0 Å². The number of ether oxygens (including phenoxy) is 1. The summed E-state index contributed by atoms with van der Waals surface area (Å²) in [6.45, 7) is 0. The Kier molecular flexibility index (Phi) is 4.67. The summed E-state index contributed by atoms with van der Waals surface area (Å²) in [5, 5.41) is 0.213. The van der Waals surface area contributed by atoms with Gasteiger partial charge in [-0.2, -0.15) is 0 Å². The van der Waals surface area contributed by atoms with Crippen LogP contribution in [-0.2, 0) is 15.6 Å². The molecule has 4 nitrogen and oxygen atoms in total. The van der Waals surface area contributed by atoms with E-state index in [-0.39, 0.29) is 15.7 Å². The number of hydrogen-bond donors (Lipinski definition) is 0. The van der Waals surface area contributed by atoms with E-state index in [1.807, 2.05) is 0 Å². The molecule has 0 aliphatic heterocycles. The zero-order chi connectivity index (χ0) is 14.8. The van der Waals surface area contributed by atoms with Crippen molar-refractivity contribution >= 4 is 37.4 Å². The van der Waals surface area contributed by atoms with Crippen molar-refractivity contribution in [2.45, 2.75) is 10.6 Å². The van der Waals surface area contributed by atoms with E-state index < -0.39 is 9.84 Å². The Bertz CT molecular complexity index is 734. The quantitative estimate of drug-likeness (QED) is 0.767. The predicted molar refractivity (Wildman–Crippen MR) is 80.8 cm³/mol. The molecule has 2 aromatic rings. The smallest absolute Gasteiger partial charge is 0.184 e. The number of pyridine rings is 1. The monoisotopic (exact) mass is 375 g/mol. The maximum Gasteiger partial charge on any atom is 0.184 e. The lowest BCUT2D eigenvalue weighted by atomic mass is 10.3. The molecule has 7 heteroatoms. The molecule has 0 atom stereocenters. The second-order valence-corrected chi connectivity index (χ2v) is 7.14. The Labute approximate surface area is 130 Å². The zero-order valence-corrected chi connectivity index (χ0v) is 13.7. The lowest BCUT2D eigenvalue weighted by molar-refractivity contribution is 0.409. The number of methoxy groups -OCH3 is 1. The second-order valence-electron chi connectivity index (χ2n) is 4.03. The van der Waals surface area contributed by atoms with E-state index >= 15 is 0 Å². The lowest BCUT2D eigenvalue weighted by Gasteiger charge is -2.08. The van der Waals surface area contributed by atoms with Crippen molar-refractivity contribution in [2.24, 2.45) is 0 Å². The highest BCUT2D eigenvalue weighted by molar-refractivity contribution is 9.10. The molecular weight excluding hydrogens is 366 g/mol. The molecule has 0 aliphatic rings. The van der Waals surface area contributed by atoms with E-state index in [9.17, 15) is 8.42 Å². The molecular formula is C13H11BrClNO3S. The predicted octanol–water partition coefficient (Wildman–Crippen LogP) is 3.48. The molecule has 0 N–H and O–H groups in total. The fourth-order valence-corrected chi connectivity index (χ4v) is 3.95. The summed E-state index contributed by atoms with van der Waals surface area (Å²) in [6.07, 6.45) is 1.49. The Balaban J connectivity index is 2.36. The summed E-state index contributed by atoms with van der Waals surface area (Å²) >= 11 is 9.15. The molecule has 0 radical (unpaired) electrons. The fourth-order valence-electron chi connectivity index (χ4n) is 1.68. The van der Waals surface area contributed by atoms with Crippen LogP contribution < -0.4 is 4.74 Å². The van der Waals surface area contributed by atoms with Crippen molar-refractivity contribution in [1.82, 2.24) is 4.98 Å². The average molecular weight is 377 g/mol. The topological polar surface area (TPSA) is 56.3 Å². The number of aromatic nitrogens is 1. The van der Waals surface area contributed by atoms with Crippen LogP contribution in [0.1, 0.15) is 5.56 Å². The van der Waals surface area contributed by atoms with E-state index in [1.54, 1.807) is 24.3 Å². The first kappa shape index (κ1) is 15.3. The Morgan fingerprint density at radius 1 is 1.35 bits per heavy atom. The van der Waals surface area contributed by atoms with Crippen LogP contribution in [0.2, 0.25) is 5.02 Å². The van der Waals surface area contributed by atoms with E-state index in [0.29, 0.717) is 15.9 Å². The van der Waals surface area contributed by atoms with Crippen LogP contribution in [0.4, 0.5) is 0 Å². The minimum absolute atomic E-state index is 0.114. The van der Waals surface area contributed by atoms with E-state index in [4.69, 9.17) is 16.3 Å². The average Bonchev–Trinajstić information content (AvgIpc) is 2.41. The second kappa shape index (κ2) is 6.11. The molecule has 20 heavy (non-hydrogen) atoms. The number of halogens is 2. The SMILES string of the molecule is COc1cc(CS(=O)(=O)c2ccccc2Cl)cnc1Br. The summed E-state index contributed by atoms with van der Waals surface area (Å²) in [4.78, 5) is 4.16. The molecule has 0 saturated carbocycles. The van der Waals surface area contributed by atoms with Crippen LogP contribution in [0, 0.1) is 0 Å². The molecule has 0 spiro atoms. The largest absolute Gasteiger partial charge is 0.494 e. The third-order valence-electron chi connectivity index (χ3n) is 2.61. The molecule has 0 aliphatic carbocycles. The Morgan fingerprint density at radius 3 is 2.70 bits per heavy atom. The summed E-state index contributed by atoms with van der Waals surface area (Å²) in [5.41, 5.74) is 0.532. The first-order valence-corrected chi connectivity index (χ1v) is 8.42. The standard InChI is InChI=1S/C13H11BrClNO3S/c1-19-11-6-9(7-16-13(11)14)8-20(17,18)12-5-3-2-4-10(12)15/h2-7H,8H2,1H3. The van der Waals surface area contributed by atoms with Crippen LogP contribution in [0.25, 0.3) is 0 Å². The highest BCUT2D eigenvalue weighted by atomic mass is 79.9. The number of nitrogens with zero attached hydrogens (tertiary/aromatic N) is 1. The van der Waals surface area contributed by atoms with Crippen LogP contribution in [0.15, 0.2) is 46.0 Å². The van der Waals surface area contributed by atoms with Crippen LogP contribution in [0.5, 0.6) is 5.75 Å². The number of hydrogen-bond acceptors (Lipinski definition) is 4. The number of benzene rings is 1. The van der Waals surface area contributed by atoms with Crippen molar-refractivity contribution in [2.75, 3.05) is 7.11 Å². The summed E-state index contributed by atoms with van der Waals surface area (Å²) in [6, 6.07) is 7.99. The minimum atomic E-state index is -3.52. The normalized spacial score (nSPS) is 11.3. The highest BCUT2D eigenvalue weighted by Crippen LogP contribution is 2.27. The van der Waals surface area contributed by atoms with Gasteiger partial charge in [0, 0.05) is 6.20 Å². The fraction of sp³-hybridized carbons (Fsp3) is 0.154. The third kappa shape index (κ3) is 3.31. The molecule has 0 bridgehead atoms. The maximum absolute atomic E-state index is 12.3. The first-order valence-electron chi connectivity index (χ1n) is 5.60. The van der Waals surface area contributed by atoms with Crippen molar-refractivity contribution in [1.29, 1.82) is 0 Å². The minimum Gasteiger partial charge on any atom is -0.494 e. The molecule has 1 aromatic carbocycles. The van der Waals surface area contributed by atoms with Gasteiger partial charge in [-0.15, -0.1) is 0 Å². The van der Waals surface area contributed by atoms with Crippen molar-refractivity contribution in [3.05, 3.63) is 51.7 Å².